The second-order valence-electron chi connectivity index (χ2n) is 14.3. The number of anilines is 9. The van der Waals surface area contributed by atoms with E-state index in [1.165, 1.54) is 10.8 Å². The topological polar surface area (TPSA) is 14.7 Å². The van der Waals surface area contributed by atoms with E-state index in [1.807, 2.05) is 0 Å². The summed E-state index contributed by atoms with van der Waals surface area (Å²) in [6, 6.07) is 86.4. The highest BCUT2D eigenvalue weighted by Crippen LogP contribution is 2.44. The quantitative estimate of drug-likeness (QED) is 0.139. The number of aromatic nitrogens is 1. The Labute approximate surface area is 339 Å². The van der Waals surface area contributed by atoms with E-state index >= 15 is 0 Å². The molecule has 0 radical (unpaired) electrons. The average Bonchev–Trinajstić information content (AvgIpc) is 3.63. The molecule has 4 nitrogen and oxygen atoms in total. The Balaban J connectivity index is 1.24. The van der Waals surface area contributed by atoms with Gasteiger partial charge in [-0.25, -0.2) is 0 Å². The molecule has 1 heterocycles. The van der Waals surface area contributed by atoms with Crippen LogP contribution in [-0.4, -0.2) is 4.57 Å². The van der Waals surface area contributed by atoms with Crippen molar-refractivity contribution in [3.63, 3.8) is 0 Å². The van der Waals surface area contributed by atoms with Crippen molar-refractivity contribution in [2.45, 2.75) is 0 Å². The predicted octanol–water partition coefficient (Wildman–Crippen LogP) is 15.2. The number of fused-ring (bicyclic) bond motifs is 3. The molecule has 9 aromatic carbocycles. The van der Waals surface area contributed by atoms with Gasteiger partial charge in [0, 0.05) is 50.6 Å². The van der Waals surface area contributed by atoms with Crippen LogP contribution in [0.25, 0.3) is 27.5 Å². The molecule has 0 atom stereocenters. The minimum atomic E-state index is 1.05. The molecule has 0 N–H and O–H groups in total. The molecule has 0 amide bonds. The average molecular weight is 745 g/mol. The summed E-state index contributed by atoms with van der Waals surface area (Å²) in [5.41, 5.74) is 13.1. The van der Waals surface area contributed by atoms with Crippen LogP contribution < -0.4 is 14.7 Å². The van der Waals surface area contributed by atoms with Gasteiger partial charge in [-0.15, -0.1) is 0 Å². The van der Waals surface area contributed by atoms with Crippen LogP contribution in [-0.2, 0) is 0 Å². The number of hydrogen-bond donors (Lipinski definition) is 0. The molecule has 0 aliphatic rings. The third-order valence-corrected chi connectivity index (χ3v) is 10.7. The van der Waals surface area contributed by atoms with E-state index in [0.717, 1.165) is 67.9 Å². The fourth-order valence-electron chi connectivity index (χ4n) is 8.15. The summed E-state index contributed by atoms with van der Waals surface area (Å²) in [6.45, 7) is 0. The van der Waals surface area contributed by atoms with Crippen molar-refractivity contribution in [3.8, 4) is 5.69 Å². The van der Waals surface area contributed by atoms with E-state index in [2.05, 4.69) is 262 Å². The summed E-state index contributed by atoms with van der Waals surface area (Å²) in [4.78, 5) is 7.04. The SMILES string of the molecule is c1ccc(N(c2ccccc2)c2cc(N(c3ccccc3)c3ccccc3)cc(-n3c4ccccc4c4cc(N(c5ccccc5)c5ccccc5)ccc43)c2)cc1. The fourth-order valence-corrected chi connectivity index (χ4v) is 8.15. The van der Waals surface area contributed by atoms with Crippen molar-refractivity contribution < 1.29 is 0 Å². The highest BCUT2D eigenvalue weighted by Gasteiger charge is 2.22. The van der Waals surface area contributed by atoms with E-state index in [9.17, 15) is 0 Å². The molecule has 0 aliphatic carbocycles. The Hall–Kier alpha value is -7.82. The number of hydrogen-bond acceptors (Lipinski definition) is 3. The van der Waals surface area contributed by atoms with Crippen LogP contribution in [0.3, 0.4) is 0 Å². The smallest absolute Gasteiger partial charge is 0.0542 e. The van der Waals surface area contributed by atoms with Crippen LogP contribution in [0.15, 0.2) is 243 Å². The molecule has 0 saturated heterocycles. The highest BCUT2D eigenvalue weighted by atomic mass is 15.2. The third-order valence-electron chi connectivity index (χ3n) is 10.7. The van der Waals surface area contributed by atoms with Gasteiger partial charge in [-0.05, 0) is 115 Å². The van der Waals surface area contributed by atoms with Crippen molar-refractivity contribution >= 4 is 73.0 Å². The summed E-state index contributed by atoms with van der Waals surface area (Å²) in [7, 11) is 0. The third kappa shape index (κ3) is 6.53. The lowest BCUT2D eigenvalue weighted by Crippen LogP contribution is -2.14. The lowest BCUT2D eigenvalue weighted by molar-refractivity contribution is 1.16. The first-order chi connectivity index (χ1) is 28.8. The Morgan fingerprint density at radius 3 is 0.948 bits per heavy atom. The molecule has 0 unspecified atom stereocenters. The monoisotopic (exact) mass is 744 g/mol. The minimum absolute atomic E-state index is 1.05. The van der Waals surface area contributed by atoms with E-state index in [1.54, 1.807) is 0 Å². The first kappa shape index (κ1) is 34.7. The number of rotatable bonds is 10. The Morgan fingerprint density at radius 1 is 0.224 bits per heavy atom. The summed E-state index contributed by atoms with van der Waals surface area (Å²) in [6.07, 6.45) is 0. The zero-order chi connectivity index (χ0) is 38.7. The maximum absolute atomic E-state index is 2.43. The van der Waals surface area contributed by atoms with E-state index in [4.69, 9.17) is 0 Å². The van der Waals surface area contributed by atoms with Gasteiger partial charge in [0.2, 0.25) is 0 Å². The predicted molar refractivity (Wildman–Crippen MR) is 245 cm³/mol. The van der Waals surface area contributed by atoms with Crippen molar-refractivity contribution in [2.24, 2.45) is 0 Å². The van der Waals surface area contributed by atoms with Crippen LogP contribution in [0.4, 0.5) is 51.2 Å². The van der Waals surface area contributed by atoms with E-state index in [-0.39, 0.29) is 0 Å². The van der Waals surface area contributed by atoms with Gasteiger partial charge in [0.15, 0.2) is 0 Å². The first-order valence-electron chi connectivity index (χ1n) is 19.7. The molecule has 10 aromatic rings. The molecule has 0 saturated carbocycles. The van der Waals surface area contributed by atoms with Gasteiger partial charge in [-0.3, -0.25) is 0 Å². The van der Waals surface area contributed by atoms with Gasteiger partial charge >= 0.3 is 0 Å². The molecule has 1 aromatic heterocycles. The van der Waals surface area contributed by atoms with Crippen LogP contribution in [0.1, 0.15) is 0 Å². The molecule has 0 aliphatic heterocycles. The standard InChI is InChI=1S/C54H40N4/c1-7-21-41(22-8-1)55(42-23-9-2-10-24-42)47-35-36-54-52(40-47)51-33-19-20-34-53(51)58(54)50-38-48(56(43-25-11-3-12-26-43)44-27-13-4-14-28-44)37-49(39-50)57(45-29-15-5-16-30-45)46-31-17-6-18-32-46/h1-40H. The molecule has 0 spiro atoms. The normalized spacial score (nSPS) is 11.1. The lowest BCUT2D eigenvalue weighted by Gasteiger charge is -2.30. The lowest BCUT2D eigenvalue weighted by atomic mass is 10.1. The van der Waals surface area contributed by atoms with Crippen LogP contribution in [0, 0.1) is 0 Å². The minimum Gasteiger partial charge on any atom is -0.310 e. The van der Waals surface area contributed by atoms with Crippen molar-refractivity contribution in [1.29, 1.82) is 0 Å². The number of nitrogens with zero attached hydrogens (tertiary/aromatic N) is 4. The zero-order valence-corrected chi connectivity index (χ0v) is 31.9. The van der Waals surface area contributed by atoms with Crippen molar-refractivity contribution in [3.05, 3.63) is 243 Å². The van der Waals surface area contributed by atoms with Gasteiger partial charge in [0.05, 0.1) is 28.1 Å². The number of para-hydroxylation sites is 7. The summed E-state index contributed by atoms with van der Waals surface area (Å²) >= 11 is 0. The zero-order valence-electron chi connectivity index (χ0n) is 31.9. The van der Waals surface area contributed by atoms with Crippen molar-refractivity contribution in [2.75, 3.05) is 14.7 Å². The fraction of sp³-hybridized carbons (Fsp3) is 0. The molecule has 0 fully saturated rings. The van der Waals surface area contributed by atoms with E-state index < -0.39 is 0 Å². The summed E-state index contributed by atoms with van der Waals surface area (Å²) in [5, 5.41) is 2.38. The second-order valence-corrected chi connectivity index (χ2v) is 14.3. The van der Waals surface area contributed by atoms with Gasteiger partial charge in [0.1, 0.15) is 0 Å². The maximum Gasteiger partial charge on any atom is 0.0542 e. The number of benzene rings is 9. The molecular weight excluding hydrogens is 705 g/mol. The van der Waals surface area contributed by atoms with Crippen LogP contribution >= 0.6 is 0 Å². The summed E-state index contributed by atoms with van der Waals surface area (Å²) in [5.74, 6) is 0. The van der Waals surface area contributed by atoms with Gasteiger partial charge in [-0.1, -0.05) is 127 Å². The first-order valence-corrected chi connectivity index (χ1v) is 19.7. The van der Waals surface area contributed by atoms with Crippen LogP contribution in [0.5, 0.6) is 0 Å². The largest absolute Gasteiger partial charge is 0.310 e. The van der Waals surface area contributed by atoms with E-state index in [0.29, 0.717) is 0 Å². The molecule has 10 rings (SSSR count). The van der Waals surface area contributed by atoms with Crippen LogP contribution in [0.2, 0.25) is 0 Å². The van der Waals surface area contributed by atoms with Crippen molar-refractivity contribution in [1.82, 2.24) is 4.57 Å². The highest BCUT2D eigenvalue weighted by molar-refractivity contribution is 6.11. The Bertz CT molecular complexity index is 2710. The van der Waals surface area contributed by atoms with Gasteiger partial charge in [0.25, 0.3) is 0 Å². The Kier molecular flexibility index (Phi) is 9.18. The molecule has 276 valence electrons. The van der Waals surface area contributed by atoms with Gasteiger partial charge < -0.3 is 19.3 Å². The second kappa shape index (κ2) is 15.4. The Morgan fingerprint density at radius 2 is 0.552 bits per heavy atom. The van der Waals surface area contributed by atoms with Gasteiger partial charge in [-0.2, -0.15) is 0 Å². The maximum atomic E-state index is 2.43. The molecular formula is C54H40N4. The molecule has 0 bridgehead atoms. The molecule has 4 heteroatoms. The summed E-state index contributed by atoms with van der Waals surface area (Å²) < 4.78 is 2.43. The molecule has 58 heavy (non-hydrogen) atoms.